The van der Waals surface area contributed by atoms with Crippen LogP contribution in [-0.2, 0) is 25.5 Å². The van der Waals surface area contributed by atoms with E-state index in [0.717, 1.165) is 0 Å². The molecule has 12 nitrogen and oxygen atoms in total. The van der Waals surface area contributed by atoms with Crippen molar-refractivity contribution >= 4 is 46.8 Å². The van der Waals surface area contributed by atoms with E-state index in [1.165, 1.54) is 0 Å². The van der Waals surface area contributed by atoms with Crippen molar-refractivity contribution in [2.24, 2.45) is 5.41 Å². The number of fused-ring (bicyclic) bond motifs is 4. The van der Waals surface area contributed by atoms with Crippen LogP contribution in [0.3, 0.4) is 0 Å². The van der Waals surface area contributed by atoms with Crippen molar-refractivity contribution < 1.29 is 29.0 Å². The summed E-state index contributed by atoms with van der Waals surface area (Å²) >= 11 is 6.58. The van der Waals surface area contributed by atoms with Gasteiger partial charge in [0.15, 0.2) is 11.2 Å². The zero-order valence-corrected chi connectivity index (χ0v) is 20.7. The molecule has 0 bridgehead atoms. The fourth-order valence-electron chi connectivity index (χ4n) is 5.07. The number of urea groups is 1. The fraction of sp³-hybridized carbons (Fsp3) is 0.545. The largest absolute Gasteiger partial charge is 0.504 e. The molecule has 1 spiro atoms. The molecule has 188 valence electrons. The molecule has 2 fully saturated rings. The topological polar surface area (TPSA) is 174 Å². The highest BCUT2D eigenvalue weighted by atomic mass is 35.5. The summed E-state index contributed by atoms with van der Waals surface area (Å²) in [5.74, 6) is -2.98. The van der Waals surface area contributed by atoms with Gasteiger partial charge in [-0.15, -0.1) is 0 Å². The highest BCUT2D eigenvalue weighted by Crippen LogP contribution is 2.50. The number of carbonyl (C=O) groups excluding carboxylic acids is 4. The lowest BCUT2D eigenvalue weighted by Gasteiger charge is -2.55. The average Bonchev–Trinajstić information content (AvgIpc) is 2.71. The third kappa shape index (κ3) is 3.90. The number of morpholine rings is 1. The number of carbonyl (C=O) groups is 4. The van der Waals surface area contributed by atoms with E-state index in [4.69, 9.17) is 21.7 Å². The molecular formula is C22H27ClN6O6. The Hall–Kier alpha value is -3.25. The molecule has 3 aliphatic heterocycles. The van der Waals surface area contributed by atoms with E-state index in [1.807, 2.05) is 0 Å². The Labute approximate surface area is 206 Å². The monoisotopic (exact) mass is 506 g/mol. The molecule has 5 amide bonds. The van der Waals surface area contributed by atoms with Gasteiger partial charge in [-0.05, 0) is 34.6 Å². The molecule has 0 aliphatic carbocycles. The number of amides is 5. The molecule has 3 atom stereocenters. The van der Waals surface area contributed by atoms with Gasteiger partial charge in [0.05, 0.1) is 29.6 Å². The van der Waals surface area contributed by atoms with Crippen molar-refractivity contribution in [2.45, 2.75) is 64.8 Å². The van der Waals surface area contributed by atoms with Crippen LogP contribution in [0, 0.1) is 10.8 Å². The van der Waals surface area contributed by atoms with Crippen LogP contribution in [0.5, 0.6) is 5.75 Å². The number of rotatable bonds is 2. The molecule has 35 heavy (non-hydrogen) atoms. The Balaban J connectivity index is 1.90. The minimum Gasteiger partial charge on any atom is -0.504 e. The third-order valence-corrected chi connectivity index (χ3v) is 6.65. The predicted octanol–water partition coefficient (Wildman–Crippen LogP) is 0.614. The van der Waals surface area contributed by atoms with Crippen molar-refractivity contribution in [3.8, 4) is 5.75 Å². The Bertz CT molecular complexity index is 1160. The zero-order chi connectivity index (χ0) is 26.0. The number of aromatic nitrogens is 1. The number of halogens is 1. The molecule has 4 rings (SSSR count). The van der Waals surface area contributed by atoms with Gasteiger partial charge < -0.3 is 20.1 Å². The van der Waals surface area contributed by atoms with Crippen LogP contribution < -0.4 is 20.9 Å². The van der Waals surface area contributed by atoms with E-state index >= 15 is 0 Å². The highest BCUT2D eigenvalue weighted by molar-refractivity contribution is 6.45. The van der Waals surface area contributed by atoms with E-state index in [1.54, 1.807) is 39.5 Å². The summed E-state index contributed by atoms with van der Waals surface area (Å²) in [7, 11) is 0. The molecule has 0 radical (unpaired) electrons. The maximum absolute atomic E-state index is 13.2. The van der Waals surface area contributed by atoms with Crippen LogP contribution in [0.1, 0.15) is 46.0 Å². The van der Waals surface area contributed by atoms with Crippen molar-refractivity contribution in [2.75, 3.05) is 11.4 Å². The second kappa shape index (κ2) is 8.16. The standard InChI is InChI=1S/C22H27ClN6O6/c1-8-7-29-14-10(25-13(15(30)11(14)23)12(24)17(31)28-21(3,4)5)6-22(16(29)9(2)35-8)18(32)26-20(34)27-19(22)33/h8-9,16,24,30H,6-7H2,1-5H3,(H,28,31)(H2,26,27,32,33,34)/t8-,9+,16?/m1/s1. The summed E-state index contributed by atoms with van der Waals surface area (Å²) in [6, 6.07) is -1.80. The lowest BCUT2D eigenvalue weighted by Crippen LogP contribution is -2.75. The molecule has 13 heteroatoms. The van der Waals surface area contributed by atoms with Gasteiger partial charge in [-0.25, -0.2) is 9.78 Å². The zero-order valence-electron chi connectivity index (χ0n) is 19.9. The smallest absolute Gasteiger partial charge is 0.328 e. The number of pyridine rings is 1. The summed E-state index contributed by atoms with van der Waals surface area (Å²) in [6.07, 6.45) is -1.25. The Morgan fingerprint density at radius 3 is 2.43 bits per heavy atom. The van der Waals surface area contributed by atoms with Gasteiger partial charge in [-0.2, -0.15) is 0 Å². The van der Waals surface area contributed by atoms with Crippen LogP contribution in [-0.4, -0.2) is 69.9 Å². The van der Waals surface area contributed by atoms with Gasteiger partial charge in [-0.3, -0.25) is 30.4 Å². The fourth-order valence-corrected chi connectivity index (χ4v) is 5.38. The predicted molar refractivity (Wildman–Crippen MR) is 125 cm³/mol. The minimum atomic E-state index is -1.80. The number of hydrogen-bond donors (Lipinski definition) is 5. The second-order valence-electron chi connectivity index (χ2n) is 10.1. The molecular weight excluding hydrogens is 480 g/mol. The maximum atomic E-state index is 13.2. The van der Waals surface area contributed by atoms with Gasteiger partial charge in [0.1, 0.15) is 16.4 Å². The van der Waals surface area contributed by atoms with E-state index < -0.39 is 58.3 Å². The number of barbiturate groups is 1. The Morgan fingerprint density at radius 1 is 1.26 bits per heavy atom. The number of aromatic hydroxyl groups is 1. The number of imide groups is 2. The van der Waals surface area contributed by atoms with Gasteiger partial charge in [-0.1, -0.05) is 11.6 Å². The van der Waals surface area contributed by atoms with Gasteiger partial charge in [0.2, 0.25) is 11.8 Å². The molecule has 2 saturated heterocycles. The molecule has 1 unspecified atom stereocenters. The number of anilines is 1. The molecule has 0 aromatic carbocycles. The quantitative estimate of drug-likeness (QED) is 0.286. The number of hydrogen-bond acceptors (Lipinski definition) is 9. The lowest BCUT2D eigenvalue weighted by atomic mass is 9.67. The lowest BCUT2D eigenvalue weighted by molar-refractivity contribution is -0.153. The minimum absolute atomic E-state index is 0.133. The summed E-state index contributed by atoms with van der Waals surface area (Å²) < 4.78 is 5.93. The Kier molecular flexibility index (Phi) is 5.80. The van der Waals surface area contributed by atoms with E-state index in [9.17, 15) is 24.3 Å². The Morgan fingerprint density at radius 2 is 1.86 bits per heavy atom. The van der Waals surface area contributed by atoms with Gasteiger partial charge >= 0.3 is 6.03 Å². The first-order valence-electron chi connectivity index (χ1n) is 11.1. The van der Waals surface area contributed by atoms with Crippen molar-refractivity contribution in [3.63, 3.8) is 0 Å². The van der Waals surface area contributed by atoms with Crippen LogP contribution in [0.25, 0.3) is 0 Å². The first kappa shape index (κ1) is 24.9. The maximum Gasteiger partial charge on any atom is 0.328 e. The number of ether oxygens (including phenoxy) is 1. The summed E-state index contributed by atoms with van der Waals surface area (Å²) in [5, 5.41) is 26.0. The van der Waals surface area contributed by atoms with Crippen molar-refractivity contribution in [1.82, 2.24) is 20.9 Å². The van der Waals surface area contributed by atoms with Crippen LogP contribution >= 0.6 is 11.6 Å². The summed E-state index contributed by atoms with van der Waals surface area (Å²) in [5.41, 5.74) is -3.05. The van der Waals surface area contributed by atoms with Gasteiger partial charge in [0, 0.05) is 18.5 Å². The average molecular weight is 507 g/mol. The first-order chi connectivity index (χ1) is 16.2. The molecule has 5 N–H and O–H groups in total. The molecule has 1 aromatic heterocycles. The van der Waals surface area contributed by atoms with Crippen molar-refractivity contribution in [3.05, 3.63) is 16.4 Å². The van der Waals surface area contributed by atoms with E-state index in [-0.39, 0.29) is 41.2 Å². The third-order valence-electron chi connectivity index (χ3n) is 6.30. The number of nitrogens with zero attached hydrogens (tertiary/aromatic N) is 2. The molecule has 3 aliphatic rings. The number of nitrogens with one attached hydrogen (secondary N) is 4. The van der Waals surface area contributed by atoms with Crippen LogP contribution in [0.15, 0.2) is 0 Å². The highest BCUT2D eigenvalue weighted by Gasteiger charge is 2.63. The van der Waals surface area contributed by atoms with Gasteiger partial charge in [0.25, 0.3) is 5.91 Å². The van der Waals surface area contributed by atoms with Crippen molar-refractivity contribution in [1.29, 1.82) is 5.41 Å². The SMILES string of the molecule is C[C@@H]1CN2c3c(nc(C(=N)C(=O)NC(C)(C)C)c(O)c3Cl)CC3(C(=O)NC(=O)NC3=O)C2[C@H](C)O1. The van der Waals surface area contributed by atoms with E-state index in [0.29, 0.717) is 0 Å². The normalized spacial score (nSPS) is 25.4. The van der Waals surface area contributed by atoms with Crippen LogP contribution in [0.2, 0.25) is 5.02 Å². The summed E-state index contributed by atoms with van der Waals surface area (Å²) in [6.45, 7) is 8.92. The molecule has 0 saturated carbocycles. The van der Waals surface area contributed by atoms with Crippen LogP contribution in [0.4, 0.5) is 10.5 Å². The second-order valence-corrected chi connectivity index (χ2v) is 10.5. The van der Waals surface area contributed by atoms with E-state index in [2.05, 4.69) is 20.9 Å². The first-order valence-corrected chi connectivity index (χ1v) is 11.5. The summed E-state index contributed by atoms with van der Waals surface area (Å²) in [4.78, 5) is 56.9. The molecule has 1 aromatic rings. The molecule has 4 heterocycles.